The minimum absolute atomic E-state index is 0.464. The summed E-state index contributed by atoms with van der Waals surface area (Å²) < 4.78 is 10.9. The maximum absolute atomic E-state index is 5.50. The summed E-state index contributed by atoms with van der Waals surface area (Å²) in [5, 5.41) is 3.56. The van der Waals surface area contributed by atoms with Crippen LogP contribution in [0.1, 0.15) is 42.9 Å². The van der Waals surface area contributed by atoms with Crippen molar-refractivity contribution in [2.75, 3.05) is 33.9 Å². The van der Waals surface area contributed by atoms with E-state index in [0.29, 0.717) is 6.04 Å². The molecule has 4 nitrogen and oxygen atoms in total. The molecule has 0 bridgehead atoms. The molecule has 0 radical (unpaired) electrons. The first-order valence-corrected chi connectivity index (χ1v) is 8.03. The molecule has 0 spiro atoms. The monoisotopic (exact) mass is 290 g/mol. The van der Waals surface area contributed by atoms with Gasteiger partial charge < -0.3 is 14.8 Å². The minimum Gasteiger partial charge on any atom is -0.493 e. The fraction of sp³-hybridized carbons (Fsp3) is 0.647. The number of likely N-dealkylation sites (tertiary alicyclic amines) is 1. The molecule has 1 atom stereocenters. The second kappa shape index (κ2) is 6.67. The van der Waals surface area contributed by atoms with Crippen molar-refractivity contribution in [2.24, 2.45) is 0 Å². The molecule has 3 rings (SSSR count). The molecule has 0 unspecified atom stereocenters. The Kier molecular flexibility index (Phi) is 4.66. The molecule has 0 aromatic heterocycles. The van der Waals surface area contributed by atoms with Gasteiger partial charge in [0.15, 0.2) is 11.5 Å². The average Bonchev–Trinajstić information content (AvgIpc) is 2.82. The van der Waals surface area contributed by atoms with Crippen molar-refractivity contribution >= 4 is 0 Å². The van der Waals surface area contributed by atoms with Gasteiger partial charge >= 0.3 is 0 Å². The summed E-state index contributed by atoms with van der Waals surface area (Å²) in [5.41, 5.74) is 2.75. The fourth-order valence-electron chi connectivity index (χ4n) is 3.59. The number of fused-ring (bicyclic) bond motifs is 1. The number of ether oxygens (including phenoxy) is 2. The third kappa shape index (κ3) is 3.01. The molecule has 1 aromatic rings. The van der Waals surface area contributed by atoms with Gasteiger partial charge in [-0.15, -0.1) is 0 Å². The Balaban J connectivity index is 1.92. The van der Waals surface area contributed by atoms with Crippen molar-refractivity contribution in [3.63, 3.8) is 0 Å². The Morgan fingerprint density at radius 3 is 2.33 bits per heavy atom. The number of methoxy groups -OCH3 is 2. The second-order valence-corrected chi connectivity index (χ2v) is 6.00. The molecule has 116 valence electrons. The maximum Gasteiger partial charge on any atom is 0.161 e. The predicted octanol–water partition coefficient (Wildman–Crippen LogP) is 2.72. The molecule has 2 aliphatic rings. The standard InChI is InChI=1S/C17H26N2O2/c1-20-16-9-13-11-18-12-15(14(13)10-17(16)21-2)19-7-5-3-4-6-8-19/h9-10,15,18H,3-8,11-12H2,1-2H3/t15-/m0/s1. The first-order chi connectivity index (χ1) is 10.3. The first-order valence-electron chi connectivity index (χ1n) is 8.03. The fourth-order valence-corrected chi connectivity index (χ4v) is 3.59. The third-order valence-corrected chi connectivity index (χ3v) is 4.74. The lowest BCUT2D eigenvalue weighted by Gasteiger charge is -2.36. The molecule has 0 aliphatic carbocycles. The van der Waals surface area contributed by atoms with Crippen molar-refractivity contribution in [3.05, 3.63) is 23.3 Å². The van der Waals surface area contributed by atoms with Crippen LogP contribution >= 0.6 is 0 Å². The zero-order valence-corrected chi connectivity index (χ0v) is 13.2. The van der Waals surface area contributed by atoms with Crippen LogP contribution in [0.2, 0.25) is 0 Å². The van der Waals surface area contributed by atoms with Crippen LogP contribution in [0.25, 0.3) is 0 Å². The van der Waals surface area contributed by atoms with Gasteiger partial charge in [0.2, 0.25) is 0 Å². The average molecular weight is 290 g/mol. The number of hydrogen-bond donors (Lipinski definition) is 1. The number of nitrogens with zero attached hydrogens (tertiary/aromatic N) is 1. The van der Waals surface area contributed by atoms with Crippen LogP contribution in [0.4, 0.5) is 0 Å². The van der Waals surface area contributed by atoms with Crippen LogP contribution in [-0.2, 0) is 6.54 Å². The largest absolute Gasteiger partial charge is 0.493 e. The van der Waals surface area contributed by atoms with Gasteiger partial charge in [0.25, 0.3) is 0 Å². The van der Waals surface area contributed by atoms with Crippen LogP contribution in [0, 0.1) is 0 Å². The SMILES string of the molecule is COc1cc2c(cc1OC)[C@@H](N1CCCCCC1)CNC2. The highest BCUT2D eigenvalue weighted by Crippen LogP contribution is 2.37. The number of nitrogens with one attached hydrogen (secondary N) is 1. The summed E-state index contributed by atoms with van der Waals surface area (Å²) in [6.45, 7) is 4.36. The van der Waals surface area contributed by atoms with Crippen LogP contribution in [0.5, 0.6) is 11.5 Å². The minimum atomic E-state index is 0.464. The van der Waals surface area contributed by atoms with E-state index in [9.17, 15) is 0 Å². The molecule has 1 N–H and O–H groups in total. The number of benzene rings is 1. The Bertz CT molecular complexity index is 482. The van der Waals surface area contributed by atoms with E-state index in [1.807, 2.05) is 0 Å². The van der Waals surface area contributed by atoms with Gasteiger partial charge in [-0.3, -0.25) is 4.90 Å². The molecule has 21 heavy (non-hydrogen) atoms. The van der Waals surface area contributed by atoms with Crippen molar-refractivity contribution in [2.45, 2.75) is 38.3 Å². The van der Waals surface area contributed by atoms with Crippen LogP contribution in [-0.4, -0.2) is 38.8 Å². The highest BCUT2D eigenvalue weighted by atomic mass is 16.5. The summed E-state index contributed by atoms with van der Waals surface area (Å²) in [7, 11) is 3.42. The van der Waals surface area contributed by atoms with E-state index in [1.54, 1.807) is 14.2 Å². The van der Waals surface area contributed by atoms with E-state index in [-0.39, 0.29) is 0 Å². The van der Waals surface area contributed by atoms with Gasteiger partial charge in [-0.1, -0.05) is 12.8 Å². The van der Waals surface area contributed by atoms with Crippen LogP contribution < -0.4 is 14.8 Å². The van der Waals surface area contributed by atoms with E-state index in [0.717, 1.165) is 24.6 Å². The molecule has 1 aromatic carbocycles. The topological polar surface area (TPSA) is 33.7 Å². The summed E-state index contributed by atoms with van der Waals surface area (Å²) in [6, 6.07) is 4.78. The van der Waals surface area contributed by atoms with E-state index in [2.05, 4.69) is 22.3 Å². The van der Waals surface area contributed by atoms with Crippen molar-refractivity contribution in [3.8, 4) is 11.5 Å². The van der Waals surface area contributed by atoms with Gasteiger partial charge in [0.05, 0.1) is 14.2 Å². The lowest BCUT2D eigenvalue weighted by Crippen LogP contribution is -2.40. The summed E-state index contributed by atoms with van der Waals surface area (Å²) in [4.78, 5) is 2.64. The Morgan fingerprint density at radius 2 is 1.67 bits per heavy atom. The molecule has 0 amide bonds. The number of hydrogen-bond acceptors (Lipinski definition) is 4. The predicted molar refractivity (Wildman–Crippen MR) is 84.0 cm³/mol. The van der Waals surface area contributed by atoms with Crippen LogP contribution in [0.3, 0.4) is 0 Å². The maximum atomic E-state index is 5.50. The molecule has 2 aliphatic heterocycles. The smallest absolute Gasteiger partial charge is 0.161 e. The van der Waals surface area contributed by atoms with Gasteiger partial charge in [-0.2, -0.15) is 0 Å². The van der Waals surface area contributed by atoms with Gasteiger partial charge in [0, 0.05) is 19.1 Å². The van der Waals surface area contributed by atoms with Gasteiger partial charge in [-0.25, -0.2) is 0 Å². The van der Waals surface area contributed by atoms with Gasteiger partial charge in [-0.05, 0) is 49.2 Å². The highest BCUT2D eigenvalue weighted by Gasteiger charge is 2.27. The van der Waals surface area contributed by atoms with Crippen molar-refractivity contribution < 1.29 is 9.47 Å². The molecule has 4 heteroatoms. The molecule has 1 saturated heterocycles. The van der Waals surface area contributed by atoms with E-state index >= 15 is 0 Å². The quantitative estimate of drug-likeness (QED) is 0.928. The van der Waals surface area contributed by atoms with E-state index in [1.165, 1.54) is 49.9 Å². The molecule has 1 fully saturated rings. The molecule has 2 heterocycles. The molecular formula is C17H26N2O2. The Labute approximate surface area is 127 Å². The van der Waals surface area contributed by atoms with E-state index < -0.39 is 0 Å². The summed E-state index contributed by atoms with van der Waals surface area (Å²) >= 11 is 0. The summed E-state index contributed by atoms with van der Waals surface area (Å²) in [6.07, 6.45) is 5.38. The van der Waals surface area contributed by atoms with Gasteiger partial charge in [0.1, 0.15) is 0 Å². The van der Waals surface area contributed by atoms with E-state index in [4.69, 9.17) is 9.47 Å². The lowest BCUT2D eigenvalue weighted by molar-refractivity contribution is 0.191. The zero-order chi connectivity index (χ0) is 14.7. The van der Waals surface area contributed by atoms with Crippen molar-refractivity contribution in [1.82, 2.24) is 10.2 Å². The lowest BCUT2D eigenvalue weighted by atomic mass is 9.94. The summed E-state index contributed by atoms with van der Waals surface area (Å²) in [5.74, 6) is 1.67. The Hall–Kier alpha value is -1.26. The Morgan fingerprint density at radius 1 is 1.00 bits per heavy atom. The zero-order valence-electron chi connectivity index (χ0n) is 13.2. The van der Waals surface area contributed by atoms with Crippen molar-refractivity contribution in [1.29, 1.82) is 0 Å². The molecule has 0 saturated carbocycles. The normalized spacial score (nSPS) is 23.2. The molecular weight excluding hydrogens is 264 g/mol. The second-order valence-electron chi connectivity index (χ2n) is 6.00. The number of rotatable bonds is 3. The highest BCUT2D eigenvalue weighted by molar-refractivity contribution is 5.49. The first kappa shape index (κ1) is 14.7. The third-order valence-electron chi connectivity index (χ3n) is 4.74. The van der Waals surface area contributed by atoms with Crippen LogP contribution in [0.15, 0.2) is 12.1 Å².